The van der Waals surface area contributed by atoms with E-state index in [1.54, 1.807) is 32.9 Å². The van der Waals surface area contributed by atoms with E-state index in [2.05, 4.69) is 16.7 Å². The van der Waals surface area contributed by atoms with Gasteiger partial charge in [-0.2, -0.15) is 8.61 Å². The molecule has 0 radical (unpaired) electrons. The summed E-state index contributed by atoms with van der Waals surface area (Å²) in [7, 11) is -7.01. The first kappa shape index (κ1) is 35.5. The van der Waals surface area contributed by atoms with Crippen molar-refractivity contribution in [1.82, 2.24) is 18.4 Å². The Balaban J connectivity index is 0.000000154. The molecule has 6 fully saturated rings. The maximum Gasteiger partial charge on any atom is 0.245 e. The van der Waals surface area contributed by atoms with Gasteiger partial charge in [0.2, 0.25) is 20.0 Å². The predicted octanol–water partition coefficient (Wildman–Crippen LogP) is 4.69. The molecule has 6 aliphatic rings. The molecule has 4 aliphatic heterocycles. The lowest BCUT2D eigenvalue weighted by Crippen LogP contribution is -2.55. The number of piperidine rings is 2. The van der Waals surface area contributed by atoms with Gasteiger partial charge in [-0.1, -0.05) is 36.8 Å². The van der Waals surface area contributed by atoms with Crippen LogP contribution in [0, 0.1) is 18.8 Å². The Labute approximate surface area is 293 Å². The maximum atomic E-state index is 13.2. The fourth-order valence-electron chi connectivity index (χ4n) is 8.02. The molecule has 0 aromatic heterocycles. The van der Waals surface area contributed by atoms with Crippen LogP contribution in [0.3, 0.4) is 0 Å². The van der Waals surface area contributed by atoms with E-state index in [0.717, 1.165) is 81.2 Å². The smallest absolute Gasteiger partial charge is 0.245 e. The van der Waals surface area contributed by atoms with Gasteiger partial charge in [-0.3, -0.25) is 0 Å². The zero-order valence-corrected chi connectivity index (χ0v) is 30.9. The van der Waals surface area contributed by atoms with Crippen LogP contribution in [0.25, 0.3) is 0 Å². The van der Waals surface area contributed by atoms with Crippen LogP contribution in [0.1, 0.15) is 69.4 Å². The predicted molar refractivity (Wildman–Crippen MR) is 189 cm³/mol. The van der Waals surface area contributed by atoms with Gasteiger partial charge in [-0.15, -0.1) is 0 Å². The second-order valence-electron chi connectivity index (χ2n) is 15.0. The van der Waals surface area contributed by atoms with E-state index in [1.807, 2.05) is 31.2 Å². The minimum Gasteiger partial charge on any atom is -0.358 e. The quantitative estimate of drug-likeness (QED) is 0.369. The van der Waals surface area contributed by atoms with Gasteiger partial charge in [0.25, 0.3) is 0 Å². The highest BCUT2D eigenvalue weighted by molar-refractivity contribution is 7.89. The normalized spacial score (nSPS) is 25.1. The third-order valence-corrected chi connectivity index (χ3v) is 15.4. The first-order chi connectivity index (χ1) is 23.5. The van der Waals surface area contributed by atoms with Crippen molar-refractivity contribution in [2.45, 2.75) is 92.9 Å². The van der Waals surface area contributed by atoms with Crippen molar-refractivity contribution >= 4 is 20.0 Å². The number of sulfonamides is 2. The Morgan fingerprint density at radius 2 is 1.00 bits per heavy atom. The third kappa shape index (κ3) is 7.67. The van der Waals surface area contributed by atoms with Gasteiger partial charge < -0.3 is 19.3 Å². The van der Waals surface area contributed by atoms with Crippen LogP contribution in [0.5, 0.6) is 0 Å². The number of benzene rings is 2. The molecular formula is C37H54N4O6S2. The van der Waals surface area contributed by atoms with E-state index >= 15 is 0 Å². The van der Waals surface area contributed by atoms with Crippen molar-refractivity contribution < 1.29 is 26.3 Å². The summed E-state index contributed by atoms with van der Waals surface area (Å²) in [5.41, 5.74) is 0.945. The fourth-order valence-corrected chi connectivity index (χ4v) is 11.5. The molecule has 0 unspecified atom stereocenters. The number of likely N-dealkylation sites (tertiary alicyclic amines) is 2. The Morgan fingerprint density at radius 1 is 0.612 bits per heavy atom. The van der Waals surface area contributed by atoms with E-state index in [9.17, 15) is 16.8 Å². The van der Waals surface area contributed by atoms with Gasteiger partial charge in [0.15, 0.2) is 0 Å². The van der Waals surface area contributed by atoms with Crippen LogP contribution in [-0.2, 0) is 35.9 Å². The van der Waals surface area contributed by atoms with Crippen LogP contribution in [-0.4, -0.2) is 112 Å². The lowest BCUT2D eigenvalue weighted by Gasteiger charge is -2.43. The Kier molecular flexibility index (Phi) is 10.3. The lowest BCUT2D eigenvalue weighted by atomic mass is 10.0. The second kappa shape index (κ2) is 14.3. The van der Waals surface area contributed by atoms with E-state index in [4.69, 9.17) is 9.47 Å². The van der Waals surface area contributed by atoms with Crippen molar-refractivity contribution in [2.75, 3.05) is 65.6 Å². The zero-order chi connectivity index (χ0) is 34.3. The summed E-state index contributed by atoms with van der Waals surface area (Å²) in [6, 6.07) is 14.4. The van der Waals surface area contributed by atoms with Crippen molar-refractivity contribution in [3.05, 3.63) is 59.7 Å². The average molecular weight is 715 g/mol. The minimum absolute atomic E-state index is 0.374. The third-order valence-electron chi connectivity index (χ3n) is 11.5. The van der Waals surface area contributed by atoms with Gasteiger partial charge in [0, 0.05) is 78.0 Å². The summed E-state index contributed by atoms with van der Waals surface area (Å²) in [6.45, 7) is 12.0. The Bertz CT molecular complexity index is 1640. The van der Waals surface area contributed by atoms with Gasteiger partial charge in [-0.05, 0) is 80.7 Å². The zero-order valence-electron chi connectivity index (χ0n) is 29.3. The standard InChI is InChI=1S/C19H28N2O3S.C18H26N2O3S/c1-2-16-5-7-18(8-6-16)25(22,23)21-13-14-24-19(21)9-11-20(12-10-19)15-17-3-4-17;1-15-2-6-17(7-3-15)24(21,22)20-12-13-23-18(20)8-10-19(11-9-18)14-16-4-5-16/h5-8,17H,2-4,9-15H2,1H3;2-3,6-7,16H,4-5,8-14H2,1H3. The summed E-state index contributed by atoms with van der Waals surface area (Å²) >= 11 is 0. The lowest BCUT2D eigenvalue weighted by molar-refractivity contribution is -0.0912. The summed E-state index contributed by atoms with van der Waals surface area (Å²) < 4.78 is 68.0. The molecule has 0 bridgehead atoms. The molecule has 2 spiro atoms. The summed E-state index contributed by atoms with van der Waals surface area (Å²) in [4.78, 5) is 5.71. The molecule has 0 N–H and O–H groups in total. The number of aryl methyl sites for hydroxylation is 2. The summed E-state index contributed by atoms with van der Waals surface area (Å²) in [5, 5.41) is 0. The van der Waals surface area contributed by atoms with Gasteiger partial charge in [-0.25, -0.2) is 16.8 Å². The summed E-state index contributed by atoms with van der Waals surface area (Å²) in [6.07, 6.45) is 9.40. The Morgan fingerprint density at radius 3 is 1.37 bits per heavy atom. The van der Waals surface area contributed by atoms with Crippen LogP contribution in [0.15, 0.2) is 58.3 Å². The average Bonchev–Trinajstić information content (AvgIpc) is 4.03. The molecule has 12 heteroatoms. The van der Waals surface area contributed by atoms with Crippen LogP contribution in [0.2, 0.25) is 0 Å². The molecule has 2 aromatic rings. The minimum atomic E-state index is -3.51. The van der Waals surface area contributed by atoms with E-state index in [-0.39, 0.29) is 0 Å². The molecule has 10 nitrogen and oxygen atoms in total. The highest BCUT2D eigenvalue weighted by Crippen LogP contribution is 2.41. The monoisotopic (exact) mass is 714 g/mol. The molecular weight excluding hydrogens is 661 g/mol. The number of nitrogens with zero attached hydrogens (tertiary/aromatic N) is 4. The van der Waals surface area contributed by atoms with E-state index < -0.39 is 31.5 Å². The molecule has 2 aromatic carbocycles. The van der Waals surface area contributed by atoms with Crippen LogP contribution >= 0.6 is 0 Å². The number of hydrogen-bond donors (Lipinski definition) is 0. The molecule has 2 saturated carbocycles. The fraction of sp³-hybridized carbons (Fsp3) is 0.676. The topological polar surface area (TPSA) is 99.7 Å². The molecule has 0 atom stereocenters. The van der Waals surface area contributed by atoms with Crippen LogP contribution in [0.4, 0.5) is 0 Å². The highest BCUT2D eigenvalue weighted by atomic mass is 32.2. The van der Waals surface area contributed by atoms with Crippen molar-refractivity contribution in [3.63, 3.8) is 0 Å². The van der Waals surface area contributed by atoms with Crippen LogP contribution < -0.4 is 0 Å². The highest BCUT2D eigenvalue weighted by Gasteiger charge is 2.52. The number of ether oxygens (including phenoxy) is 2. The molecule has 270 valence electrons. The molecule has 0 amide bonds. The molecule has 4 heterocycles. The Hall–Kier alpha value is -1.90. The molecule has 4 saturated heterocycles. The van der Waals surface area contributed by atoms with Gasteiger partial charge in [0.1, 0.15) is 11.4 Å². The number of rotatable bonds is 9. The van der Waals surface area contributed by atoms with Gasteiger partial charge >= 0.3 is 0 Å². The first-order valence-electron chi connectivity index (χ1n) is 18.5. The van der Waals surface area contributed by atoms with Crippen molar-refractivity contribution in [1.29, 1.82) is 0 Å². The van der Waals surface area contributed by atoms with Gasteiger partial charge in [0.05, 0.1) is 23.0 Å². The second-order valence-corrected chi connectivity index (χ2v) is 18.8. The van der Waals surface area contributed by atoms with Crippen molar-refractivity contribution in [2.24, 2.45) is 11.8 Å². The first-order valence-corrected chi connectivity index (χ1v) is 21.3. The largest absolute Gasteiger partial charge is 0.358 e. The molecule has 2 aliphatic carbocycles. The van der Waals surface area contributed by atoms with E-state index in [1.165, 1.54) is 38.8 Å². The molecule has 49 heavy (non-hydrogen) atoms. The molecule has 8 rings (SSSR count). The SMILES string of the molecule is CCc1ccc(S(=O)(=O)N2CCOC23CCN(CC2CC2)CC3)cc1.Cc1ccc(S(=O)(=O)N2CCOC23CCN(CC2CC2)CC3)cc1. The van der Waals surface area contributed by atoms with E-state index in [0.29, 0.717) is 36.1 Å². The number of hydrogen-bond acceptors (Lipinski definition) is 8. The summed E-state index contributed by atoms with van der Waals surface area (Å²) in [5.74, 6) is 1.74. The maximum absolute atomic E-state index is 13.2. The van der Waals surface area contributed by atoms with Crippen molar-refractivity contribution in [3.8, 4) is 0 Å².